The number of hydrogen-bond donors (Lipinski definition) is 1. The van der Waals surface area contributed by atoms with Crippen LogP contribution in [-0.2, 0) is 11.2 Å². The second-order valence-corrected chi connectivity index (χ2v) is 6.76. The van der Waals surface area contributed by atoms with Crippen LogP contribution in [0.15, 0.2) is 24.3 Å². The summed E-state index contributed by atoms with van der Waals surface area (Å²) < 4.78 is 0. The summed E-state index contributed by atoms with van der Waals surface area (Å²) in [5.74, 6) is 0.595. The fourth-order valence-corrected chi connectivity index (χ4v) is 3.28. The predicted molar refractivity (Wildman–Crippen MR) is 97.0 cm³/mol. The van der Waals surface area contributed by atoms with Crippen LogP contribution in [0.4, 0.5) is 0 Å². The van der Waals surface area contributed by atoms with Gasteiger partial charge in [-0.15, -0.1) is 0 Å². The number of nitrogens with zero attached hydrogens (tertiary/aromatic N) is 1. The zero-order valence-corrected chi connectivity index (χ0v) is 15.0. The van der Waals surface area contributed by atoms with Crippen LogP contribution in [-0.4, -0.2) is 36.3 Å². The van der Waals surface area contributed by atoms with Gasteiger partial charge in [-0.25, -0.2) is 0 Å². The third-order valence-corrected chi connectivity index (χ3v) is 4.61. The summed E-state index contributed by atoms with van der Waals surface area (Å²) in [6.45, 7) is 6.40. The summed E-state index contributed by atoms with van der Waals surface area (Å²) in [5.41, 5.74) is 2.05. The Morgan fingerprint density at radius 1 is 1.17 bits per heavy atom. The van der Waals surface area contributed by atoms with E-state index in [9.17, 15) is 9.59 Å². The summed E-state index contributed by atoms with van der Waals surface area (Å²) in [5, 5.41) is 3.00. The van der Waals surface area contributed by atoms with E-state index in [-0.39, 0.29) is 11.8 Å². The normalized spacial score (nSPS) is 17.6. The molecule has 24 heavy (non-hydrogen) atoms. The number of aryl methyl sites for hydroxylation is 1. The maximum Gasteiger partial charge on any atom is 0.253 e. The number of benzene rings is 1. The zero-order valence-electron chi connectivity index (χ0n) is 15.0. The molecule has 0 radical (unpaired) electrons. The van der Waals surface area contributed by atoms with Crippen molar-refractivity contribution >= 4 is 11.8 Å². The highest BCUT2D eigenvalue weighted by molar-refractivity contribution is 5.94. The first-order chi connectivity index (χ1) is 11.6. The minimum Gasteiger partial charge on any atom is -0.356 e. The van der Waals surface area contributed by atoms with Gasteiger partial charge in [0.2, 0.25) is 5.91 Å². The molecule has 1 aliphatic heterocycles. The summed E-state index contributed by atoms with van der Waals surface area (Å²) in [6, 6.07) is 8.01. The first-order valence-corrected chi connectivity index (χ1v) is 9.29. The molecule has 132 valence electrons. The van der Waals surface area contributed by atoms with Crippen molar-refractivity contribution in [2.45, 2.75) is 52.4 Å². The largest absolute Gasteiger partial charge is 0.356 e. The predicted octanol–water partition coefficient (Wildman–Crippen LogP) is 3.41. The average Bonchev–Trinajstić information content (AvgIpc) is 2.61. The molecule has 1 aliphatic rings. The van der Waals surface area contributed by atoms with Crippen molar-refractivity contribution in [1.82, 2.24) is 10.2 Å². The molecule has 1 saturated heterocycles. The van der Waals surface area contributed by atoms with E-state index in [2.05, 4.69) is 24.4 Å². The monoisotopic (exact) mass is 330 g/mol. The molecule has 2 rings (SSSR count). The Morgan fingerprint density at radius 2 is 1.92 bits per heavy atom. The van der Waals surface area contributed by atoms with E-state index in [0.29, 0.717) is 18.9 Å². The summed E-state index contributed by atoms with van der Waals surface area (Å²) in [4.78, 5) is 26.2. The van der Waals surface area contributed by atoms with Crippen LogP contribution in [0.2, 0.25) is 0 Å². The molecule has 0 aromatic heterocycles. The Labute approximate surface area is 145 Å². The first-order valence-electron chi connectivity index (χ1n) is 9.29. The number of carbonyl (C=O) groups excluding carboxylic acids is 2. The summed E-state index contributed by atoms with van der Waals surface area (Å²) in [6.07, 6.45) is 5.71. The molecule has 1 unspecified atom stereocenters. The quantitative estimate of drug-likeness (QED) is 0.833. The van der Waals surface area contributed by atoms with Gasteiger partial charge in [-0.1, -0.05) is 32.4 Å². The number of nitrogens with one attached hydrogen (secondary N) is 1. The number of likely N-dealkylation sites (tertiary alicyclic amines) is 1. The van der Waals surface area contributed by atoms with Gasteiger partial charge in [0, 0.05) is 31.6 Å². The molecule has 1 fully saturated rings. The molecule has 1 heterocycles. The zero-order chi connectivity index (χ0) is 17.4. The fourth-order valence-electron chi connectivity index (χ4n) is 3.28. The second kappa shape index (κ2) is 9.45. The van der Waals surface area contributed by atoms with Crippen LogP contribution >= 0.6 is 0 Å². The van der Waals surface area contributed by atoms with E-state index in [0.717, 1.165) is 50.8 Å². The van der Waals surface area contributed by atoms with E-state index >= 15 is 0 Å². The minimum absolute atomic E-state index is 0.114. The van der Waals surface area contributed by atoms with E-state index in [4.69, 9.17) is 0 Å². The molecule has 2 amide bonds. The first kappa shape index (κ1) is 18.5. The second-order valence-electron chi connectivity index (χ2n) is 6.76. The highest BCUT2D eigenvalue weighted by Gasteiger charge is 2.24. The van der Waals surface area contributed by atoms with E-state index in [1.54, 1.807) is 0 Å². The highest BCUT2D eigenvalue weighted by Crippen LogP contribution is 2.19. The number of amides is 2. The van der Waals surface area contributed by atoms with Gasteiger partial charge >= 0.3 is 0 Å². The Bertz CT molecular complexity index is 539. The van der Waals surface area contributed by atoms with E-state index < -0.39 is 0 Å². The number of rotatable bonds is 7. The van der Waals surface area contributed by atoms with Gasteiger partial charge in [0.1, 0.15) is 0 Å². The summed E-state index contributed by atoms with van der Waals surface area (Å²) in [7, 11) is 0. The molecule has 1 aromatic carbocycles. The van der Waals surface area contributed by atoms with Crippen molar-refractivity contribution in [3.63, 3.8) is 0 Å². The lowest BCUT2D eigenvalue weighted by Crippen LogP contribution is -2.43. The maximum atomic E-state index is 12.7. The number of hydrogen-bond acceptors (Lipinski definition) is 2. The molecular weight excluding hydrogens is 300 g/mol. The molecule has 1 aromatic rings. The lowest BCUT2D eigenvalue weighted by molar-refractivity contribution is -0.121. The Hall–Kier alpha value is -1.84. The Balaban J connectivity index is 1.88. The lowest BCUT2D eigenvalue weighted by atomic mass is 9.97. The molecule has 4 heteroatoms. The van der Waals surface area contributed by atoms with Crippen LogP contribution in [0.1, 0.15) is 61.9 Å². The van der Waals surface area contributed by atoms with Crippen molar-refractivity contribution in [2.24, 2.45) is 5.92 Å². The van der Waals surface area contributed by atoms with Crippen LogP contribution in [0.25, 0.3) is 0 Å². The molecule has 0 bridgehead atoms. The van der Waals surface area contributed by atoms with Crippen LogP contribution in [0.5, 0.6) is 0 Å². The molecule has 0 aliphatic carbocycles. The molecule has 0 spiro atoms. The van der Waals surface area contributed by atoms with E-state index in [1.807, 2.05) is 24.0 Å². The van der Waals surface area contributed by atoms with Gasteiger partial charge in [-0.2, -0.15) is 0 Å². The van der Waals surface area contributed by atoms with Crippen molar-refractivity contribution < 1.29 is 9.59 Å². The molecular formula is C20H30N2O2. The third kappa shape index (κ3) is 5.36. The van der Waals surface area contributed by atoms with Crippen LogP contribution in [0, 0.1) is 5.92 Å². The SMILES string of the molecule is CCCC(=O)NCC1CCCN(C(=O)c2ccc(CCC)cc2)C1. The lowest BCUT2D eigenvalue weighted by Gasteiger charge is -2.33. The molecule has 4 nitrogen and oxygen atoms in total. The molecule has 0 saturated carbocycles. The van der Waals surface area contributed by atoms with E-state index in [1.165, 1.54) is 5.56 Å². The standard InChI is InChI=1S/C20H30N2O2/c1-3-6-16-9-11-18(12-10-16)20(24)22-13-5-8-17(15-22)14-21-19(23)7-4-2/h9-12,17H,3-8,13-15H2,1-2H3,(H,21,23). The van der Waals surface area contributed by atoms with Gasteiger partial charge in [0.15, 0.2) is 0 Å². The molecule has 1 N–H and O–H groups in total. The van der Waals surface area contributed by atoms with Gasteiger partial charge < -0.3 is 10.2 Å². The highest BCUT2D eigenvalue weighted by atomic mass is 16.2. The topological polar surface area (TPSA) is 49.4 Å². The smallest absolute Gasteiger partial charge is 0.253 e. The van der Waals surface area contributed by atoms with Gasteiger partial charge in [0.25, 0.3) is 5.91 Å². The Morgan fingerprint density at radius 3 is 2.58 bits per heavy atom. The van der Waals surface area contributed by atoms with Crippen molar-refractivity contribution in [2.75, 3.05) is 19.6 Å². The van der Waals surface area contributed by atoms with Crippen molar-refractivity contribution in [3.05, 3.63) is 35.4 Å². The maximum absolute atomic E-state index is 12.7. The third-order valence-electron chi connectivity index (χ3n) is 4.61. The average molecular weight is 330 g/mol. The van der Waals surface area contributed by atoms with Crippen LogP contribution < -0.4 is 5.32 Å². The van der Waals surface area contributed by atoms with Gasteiger partial charge in [0.05, 0.1) is 0 Å². The van der Waals surface area contributed by atoms with Gasteiger partial charge in [-0.05, 0) is 49.3 Å². The van der Waals surface area contributed by atoms with Crippen molar-refractivity contribution in [1.29, 1.82) is 0 Å². The van der Waals surface area contributed by atoms with Gasteiger partial charge in [-0.3, -0.25) is 9.59 Å². The Kier molecular flexibility index (Phi) is 7.29. The van der Waals surface area contributed by atoms with Crippen molar-refractivity contribution in [3.8, 4) is 0 Å². The number of piperidine rings is 1. The van der Waals surface area contributed by atoms with Crippen LogP contribution in [0.3, 0.4) is 0 Å². The fraction of sp³-hybridized carbons (Fsp3) is 0.600. The number of carbonyl (C=O) groups is 2. The minimum atomic E-state index is 0.114. The molecule has 1 atom stereocenters. The summed E-state index contributed by atoms with van der Waals surface area (Å²) >= 11 is 0.